The third-order valence-corrected chi connectivity index (χ3v) is 4.39. The molecule has 1 unspecified atom stereocenters. The number of amides is 1. The van der Waals surface area contributed by atoms with Crippen LogP contribution in [-0.4, -0.2) is 18.6 Å². The van der Waals surface area contributed by atoms with Gasteiger partial charge in [0.15, 0.2) is 0 Å². The first-order chi connectivity index (χ1) is 11.8. The number of methoxy groups -OCH3 is 1. The molecule has 3 rings (SSSR count). The molecule has 132 valence electrons. The van der Waals surface area contributed by atoms with Crippen molar-refractivity contribution in [3.63, 3.8) is 0 Å². The highest BCUT2D eigenvalue weighted by atomic mass is 35.5. The summed E-state index contributed by atoms with van der Waals surface area (Å²) in [5.41, 5.74) is 0.321. The zero-order chi connectivity index (χ0) is 18.2. The van der Waals surface area contributed by atoms with E-state index in [4.69, 9.17) is 21.1 Å². The van der Waals surface area contributed by atoms with Crippen LogP contribution in [0.15, 0.2) is 36.4 Å². The molecular formula is C19H19ClFNO3. The monoisotopic (exact) mass is 363 g/mol. The maximum Gasteiger partial charge on any atom is 0.254 e. The number of hydrogen-bond donors (Lipinski definition) is 1. The lowest BCUT2D eigenvalue weighted by Gasteiger charge is -2.38. The van der Waals surface area contributed by atoms with Crippen LogP contribution in [-0.2, 0) is 0 Å². The molecule has 0 aromatic heterocycles. The standard InChI is InChI=1S/C19H19ClFNO3/c1-19(2)10-16(14-7-5-12(24-3)9-17(14)25-19)22-18(23)13-6-4-11(20)8-15(13)21/h4-9,16H,10H2,1-3H3,(H,22,23). The van der Waals surface area contributed by atoms with Gasteiger partial charge in [-0.3, -0.25) is 4.79 Å². The quantitative estimate of drug-likeness (QED) is 0.872. The highest BCUT2D eigenvalue weighted by molar-refractivity contribution is 6.30. The van der Waals surface area contributed by atoms with Gasteiger partial charge in [-0.05, 0) is 44.2 Å². The molecule has 1 heterocycles. The summed E-state index contributed by atoms with van der Waals surface area (Å²) < 4.78 is 25.2. The minimum Gasteiger partial charge on any atom is -0.497 e. The number of fused-ring (bicyclic) bond motifs is 1. The van der Waals surface area contributed by atoms with Gasteiger partial charge in [0.1, 0.15) is 22.9 Å². The zero-order valence-corrected chi connectivity index (χ0v) is 15.0. The van der Waals surface area contributed by atoms with Crippen LogP contribution < -0.4 is 14.8 Å². The van der Waals surface area contributed by atoms with Gasteiger partial charge in [-0.2, -0.15) is 0 Å². The number of halogens is 2. The average molecular weight is 364 g/mol. The number of carbonyl (C=O) groups is 1. The van der Waals surface area contributed by atoms with Gasteiger partial charge in [0, 0.05) is 23.1 Å². The molecule has 0 saturated heterocycles. The fourth-order valence-corrected chi connectivity index (χ4v) is 3.16. The number of carbonyl (C=O) groups excluding carboxylic acids is 1. The molecule has 2 aromatic carbocycles. The van der Waals surface area contributed by atoms with Crippen LogP contribution in [0.2, 0.25) is 5.02 Å². The average Bonchev–Trinajstić information content (AvgIpc) is 2.52. The summed E-state index contributed by atoms with van der Waals surface area (Å²) in [6.07, 6.45) is 0.563. The van der Waals surface area contributed by atoms with E-state index >= 15 is 0 Å². The molecule has 0 spiro atoms. The first-order valence-electron chi connectivity index (χ1n) is 7.92. The molecule has 1 aliphatic heterocycles. The Morgan fingerprint density at radius 3 is 2.76 bits per heavy atom. The Bertz CT molecular complexity index is 822. The summed E-state index contributed by atoms with van der Waals surface area (Å²) >= 11 is 5.75. The Hall–Kier alpha value is -2.27. The molecule has 1 amide bonds. The van der Waals surface area contributed by atoms with E-state index in [0.29, 0.717) is 17.9 Å². The molecule has 0 aliphatic carbocycles. The van der Waals surface area contributed by atoms with Crippen molar-refractivity contribution in [3.05, 3.63) is 58.4 Å². The number of hydrogen-bond acceptors (Lipinski definition) is 3. The highest BCUT2D eigenvalue weighted by Gasteiger charge is 2.35. The third kappa shape index (κ3) is 3.71. The molecule has 2 aromatic rings. The van der Waals surface area contributed by atoms with Crippen LogP contribution in [0.4, 0.5) is 4.39 Å². The van der Waals surface area contributed by atoms with Crippen molar-refractivity contribution in [1.29, 1.82) is 0 Å². The van der Waals surface area contributed by atoms with Crippen molar-refractivity contribution in [2.24, 2.45) is 0 Å². The second kappa shape index (κ2) is 6.56. The minimum atomic E-state index is -0.647. The lowest BCUT2D eigenvalue weighted by Crippen LogP contribution is -2.41. The van der Waals surface area contributed by atoms with Crippen molar-refractivity contribution in [2.75, 3.05) is 7.11 Å². The van der Waals surface area contributed by atoms with Gasteiger partial charge >= 0.3 is 0 Å². The fourth-order valence-electron chi connectivity index (χ4n) is 3.00. The number of ether oxygens (including phenoxy) is 2. The Morgan fingerprint density at radius 2 is 2.08 bits per heavy atom. The van der Waals surface area contributed by atoms with Gasteiger partial charge < -0.3 is 14.8 Å². The molecule has 6 heteroatoms. The van der Waals surface area contributed by atoms with Crippen molar-refractivity contribution < 1.29 is 18.7 Å². The summed E-state index contributed by atoms with van der Waals surface area (Å²) in [5, 5.41) is 3.15. The van der Waals surface area contributed by atoms with Crippen LogP contribution in [0.25, 0.3) is 0 Å². The van der Waals surface area contributed by atoms with Gasteiger partial charge in [0.05, 0.1) is 18.7 Å². The van der Waals surface area contributed by atoms with Gasteiger partial charge in [-0.15, -0.1) is 0 Å². The summed E-state index contributed by atoms with van der Waals surface area (Å²) in [5.74, 6) is 0.188. The fraction of sp³-hybridized carbons (Fsp3) is 0.316. The van der Waals surface area contributed by atoms with Gasteiger partial charge in [0.25, 0.3) is 5.91 Å². The van der Waals surface area contributed by atoms with E-state index < -0.39 is 17.3 Å². The van der Waals surface area contributed by atoms with Crippen molar-refractivity contribution >= 4 is 17.5 Å². The van der Waals surface area contributed by atoms with E-state index in [1.165, 1.54) is 12.1 Å². The zero-order valence-electron chi connectivity index (χ0n) is 14.2. The number of rotatable bonds is 3. The molecule has 0 bridgehead atoms. The lowest BCUT2D eigenvalue weighted by molar-refractivity contribution is 0.0616. The van der Waals surface area contributed by atoms with Crippen LogP contribution in [0.3, 0.4) is 0 Å². The maximum atomic E-state index is 14.0. The molecule has 1 atom stereocenters. The number of benzene rings is 2. The number of nitrogens with one attached hydrogen (secondary N) is 1. The maximum absolute atomic E-state index is 14.0. The van der Waals surface area contributed by atoms with Gasteiger partial charge in [-0.25, -0.2) is 4.39 Å². The van der Waals surface area contributed by atoms with Crippen LogP contribution in [0.1, 0.15) is 42.2 Å². The predicted octanol–water partition coefficient (Wildman–Crippen LogP) is 4.52. The summed E-state index contributed by atoms with van der Waals surface area (Å²) in [4.78, 5) is 12.5. The van der Waals surface area contributed by atoms with E-state index in [1.807, 2.05) is 26.0 Å². The van der Waals surface area contributed by atoms with Crippen LogP contribution >= 0.6 is 11.6 Å². The first-order valence-corrected chi connectivity index (χ1v) is 8.30. The smallest absolute Gasteiger partial charge is 0.254 e. The lowest BCUT2D eigenvalue weighted by atomic mass is 9.89. The Balaban J connectivity index is 1.90. The SMILES string of the molecule is COc1ccc2c(c1)OC(C)(C)CC2NC(=O)c1ccc(Cl)cc1F. The van der Waals surface area contributed by atoms with Crippen molar-refractivity contribution in [1.82, 2.24) is 5.32 Å². The predicted molar refractivity (Wildman–Crippen MR) is 93.9 cm³/mol. The van der Waals surface area contributed by atoms with Gasteiger partial charge in [-0.1, -0.05) is 11.6 Å². The Kier molecular flexibility index (Phi) is 4.60. The van der Waals surface area contributed by atoms with E-state index in [1.54, 1.807) is 13.2 Å². The van der Waals surface area contributed by atoms with E-state index in [2.05, 4.69) is 5.32 Å². The molecule has 25 heavy (non-hydrogen) atoms. The molecule has 0 saturated carbocycles. The molecule has 4 nitrogen and oxygen atoms in total. The summed E-state index contributed by atoms with van der Waals surface area (Å²) in [7, 11) is 1.58. The molecular weight excluding hydrogens is 345 g/mol. The molecule has 1 N–H and O–H groups in total. The molecule has 0 radical (unpaired) electrons. The van der Waals surface area contributed by atoms with E-state index in [0.717, 1.165) is 11.6 Å². The summed E-state index contributed by atoms with van der Waals surface area (Å²) in [6, 6.07) is 9.15. The first kappa shape index (κ1) is 17.5. The van der Waals surface area contributed by atoms with Gasteiger partial charge in [0.2, 0.25) is 0 Å². The van der Waals surface area contributed by atoms with E-state index in [-0.39, 0.29) is 16.6 Å². The Morgan fingerprint density at radius 1 is 1.32 bits per heavy atom. The Labute approximate surface area is 150 Å². The van der Waals surface area contributed by atoms with Crippen molar-refractivity contribution in [3.8, 4) is 11.5 Å². The van der Waals surface area contributed by atoms with E-state index in [9.17, 15) is 9.18 Å². The molecule has 1 aliphatic rings. The summed E-state index contributed by atoms with van der Waals surface area (Å²) in [6.45, 7) is 3.88. The topological polar surface area (TPSA) is 47.6 Å². The minimum absolute atomic E-state index is 0.0382. The largest absolute Gasteiger partial charge is 0.497 e. The second-order valence-electron chi connectivity index (χ2n) is 6.62. The van der Waals surface area contributed by atoms with Crippen LogP contribution in [0, 0.1) is 5.82 Å². The molecule has 0 fully saturated rings. The second-order valence-corrected chi connectivity index (χ2v) is 7.06. The van der Waals surface area contributed by atoms with Crippen LogP contribution in [0.5, 0.6) is 11.5 Å². The highest BCUT2D eigenvalue weighted by Crippen LogP contribution is 2.41. The normalized spacial score (nSPS) is 18.0. The van der Waals surface area contributed by atoms with Crippen molar-refractivity contribution in [2.45, 2.75) is 31.9 Å². The third-order valence-electron chi connectivity index (χ3n) is 4.16.